The van der Waals surface area contributed by atoms with E-state index < -0.39 is 4.92 Å². The summed E-state index contributed by atoms with van der Waals surface area (Å²) < 4.78 is 16.5. The van der Waals surface area contributed by atoms with Gasteiger partial charge in [0, 0.05) is 24.0 Å². The molecule has 4 atom stereocenters. The molecule has 23 heavy (non-hydrogen) atoms. The van der Waals surface area contributed by atoms with Crippen molar-refractivity contribution in [2.45, 2.75) is 26.1 Å². The monoisotopic (exact) mass is 321 g/mol. The molecule has 4 unspecified atom stereocenters. The van der Waals surface area contributed by atoms with Crippen molar-refractivity contribution in [3.8, 4) is 5.75 Å². The first-order valence-corrected chi connectivity index (χ1v) is 7.79. The number of rotatable bonds is 5. The van der Waals surface area contributed by atoms with E-state index in [2.05, 4.69) is 0 Å². The van der Waals surface area contributed by atoms with Gasteiger partial charge in [0.05, 0.1) is 24.1 Å². The van der Waals surface area contributed by atoms with Gasteiger partial charge < -0.3 is 14.2 Å². The van der Waals surface area contributed by atoms with E-state index in [-0.39, 0.29) is 35.7 Å². The standard InChI is InChI=1S/C16H19NO6/c1-2-12(14-9-22-16-13(14)7-8-21-16)15(18)23-11-5-3-10(4-6-11)17(19)20/h3-6,12-14,16H,2,7-9H2,1H3. The highest BCUT2D eigenvalue weighted by atomic mass is 16.7. The van der Waals surface area contributed by atoms with E-state index in [0.717, 1.165) is 6.42 Å². The summed E-state index contributed by atoms with van der Waals surface area (Å²) in [6.07, 6.45) is 1.36. The van der Waals surface area contributed by atoms with Crippen LogP contribution in [0.4, 0.5) is 5.69 Å². The Kier molecular flexibility index (Phi) is 4.58. The fourth-order valence-corrected chi connectivity index (χ4v) is 3.38. The number of hydrogen-bond donors (Lipinski definition) is 0. The number of hydrogen-bond acceptors (Lipinski definition) is 6. The highest BCUT2D eigenvalue weighted by molar-refractivity contribution is 5.75. The second kappa shape index (κ2) is 6.64. The van der Waals surface area contributed by atoms with E-state index in [4.69, 9.17) is 14.2 Å². The first-order chi connectivity index (χ1) is 11.1. The molecule has 2 heterocycles. The largest absolute Gasteiger partial charge is 0.426 e. The van der Waals surface area contributed by atoms with Crippen LogP contribution in [0, 0.1) is 27.9 Å². The van der Waals surface area contributed by atoms with E-state index in [0.29, 0.717) is 25.4 Å². The van der Waals surface area contributed by atoms with Crippen LogP contribution in [-0.2, 0) is 14.3 Å². The lowest BCUT2D eigenvalue weighted by Gasteiger charge is -2.23. The normalized spacial score (nSPS) is 27.4. The molecule has 3 rings (SSSR count). The lowest BCUT2D eigenvalue weighted by atomic mass is 9.81. The molecule has 2 fully saturated rings. The van der Waals surface area contributed by atoms with Crippen molar-refractivity contribution in [1.29, 1.82) is 0 Å². The number of nitrogens with zero attached hydrogens (tertiary/aromatic N) is 1. The molecule has 2 aliphatic heterocycles. The van der Waals surface area contributed by atoms with E-state index in [1.165, 1.54) is 24.3 Å². The van der Waals surface area contributed by atoms with Gasteiger partial charge in [-0.05, 0) is 25.0 Å². The van der Waals surface area contributed by atoms with Gasteiger partial charge in [0.2, 0.25) is 0 Å². The van der Waals surface area contributed by atoms with Gasteiger partial charge >= 0.3 is 5.97 Å². The molecule has 7 nitrogen and oxygen atoms in total. The SMILES string of the molecule is CCC(C(=O)Oc1ccc([N+](=O)[O-])cc1)C1COC2OCCC21. The first kappa shape index (κ1) is 15.9. The number of nitro groups is 1. The molecule has 124 valence electrons. The molecule has 0 bridgehead atoms. The Bertz CT molecular complexity index is 587. The van der Waals surface area contributed by atoms with Gasteiger partial charge in [0.25, 0.3) is 5.69 Å². The summed E-state index contributed by atoms with van der Waals surface area (Å²) >= 11 is 0. The molecule has 0 aliphatic carbocycles. The minimum Gasteiger partial charge on any atom is -0.426 e. The van der Waals surface area contributed by atoms with Gasteiger partial charge in [0.15, 0.2) is 6.29 Å². The van der Waals surface area contributed by atoms with Crippen molar-refractivity contribution in [1.82, 2.24) is 0 Å². The Morgan fingerprint density at radius 1 is 1.39 bits per heavy atom. The summed E-state index contributed by atoms with van der Waals surface area (Å²) in [7, 11) is 0. The fraction of sp³-hybridized carbons (Fsp3) is 0.562. The van der Waals surface area contributed by atoms with Crippen LogP contribution in [0.2, 0.25) is 0 Å². The molecule has 0 spiro atoms. The number of nitro benzene ring substituents is 1. The summed E-state index contributed by atoms with van der Waals surface area (Å²) in [5.74, 6) is 0.0731. The third kappa shape index (κ3) is 3.20. The predicted molar refractivity (Wildman–Crippen MR) is 79.8 cm³/mol. The number of non-ortho nitro benzene ring substituents is 1. The van der Waals surface area contributed by atoms with Gasteiger partial charge in [-0.3, -0.25) is 14.9 Å². The maximum atomic E-state index is 12.5. The highest BCUT2D eigenvalue weighted by Crippen LogP contribution is 2.41. The minimum atomic E-state index is -0.490. The summed E-state index contributed by atoms with van der Waals surface area (Å²) in [4.78, 5) is 22.6. The lowest BCUT2D eigenvalue weighted by molar-refractivity contribution is -0.384. The third-order valence-electron chi connectivity index (χ3n) is 4.61. The zero-order valence-electron chi connectivity index (χ0n) is 12.8. The number of carbonyl (C=O) groups excluding carboxylic acids is 1. The fourth-order valence-electron chi connectivity index (χ4n) is 3.38. The van der Waals surface area contributed by atoms with Crippen molar-refractivity contribution in [2.24, 2.45) is 17.8 Å². The van der Waals surface area contributed by atoms with Crippen LogP contribution in [0.3, 0.4) is 0 Å². The van der Waals surface area contributed by atoms with E-state index >= 15 is 0 Å². The van der Waals surface area contributed by atoms with Crippen molar-refractivity contribution < 1.29 is 23.9 Å². The van der Waals surface area contributed by atoms with Crippen LogP contribution in [-0.4, -0.2) is 30.4 Å². The first-order valence-electron chi connectivity index (χ1n) is 7.79. The van der Waals surface area contributed by atoms with Gasteiger partial charge in [-0.15, -0.1) is 0 Å². The molecule has 2 saturated heterocycles. The smallest absolute Gasteiger partial charge is 0.314 e. The quantitative estimate of drug-likeness (QED) is 0.358. The Morgan fingerprint density at radius 2 is 2.13 bits per heavy atom. The summed E-state index contributed by atoms with van der Waals surface area (Å²) in [5, 5.41) is 10.6. The van der Waals surface area contributed by atoms with E-state index in [9.17, 15) is 14.9 Å². The lowest BCUT2D eigenvalue weighted by Crippen LogP contribution is -2.32. The van der Waals surface area contributed by atoms with Crippen LogP contribution in [0.15, 0.2) is 24.3 Å². The molecule has 7 heteroatoms. The van der Waals surface area contributed by atoms with Crippen LogP contribution < -0.4 is 4.74 Å². The third-order valence-corrected chi connectivity index (χ3v) is 4.61. The Labute approximate surface area is 133 Å². The molecule has 0 saturated carbocycles. The molecular formula is C16H19NO6. The number of fused-ring (bicyclic) bond motifs is 1. The molecule has 1 aromatic rings. The molecular weight excluding hydrogens is 302 g/mol. The average Bonchev–Trinajstić information content (AvgIpc) is 3.13. The van der Waals surface area contributed by atoms with Crippen LogP contribution in [0.25, 0.3) is 0 Å². The molecule has 0 radical (unpaired) electrons. The predicted octanol–water partition coefficient (Wildman–Crippen LogP) is 2.54. The molecule has 0 N–H and O–H groups in total. The van der Waals surface area contributed by atoms with Gasteiger partial charge in [0.1, 0.15) is 5.75 Å². The minimum absolute atomic E-state index is 0.0352. The highest BCUT2D eigenvalue weighted by Gasteiger charge is 2.46. The Morgan fingerprint density at radius 3 is 2.78 bits per heavy atom. The van der Waals surface area contributed by atoms with Crippen LogP contribution in [0.5, 0.6) is 5.75 Å². The van der Waals surface area contributed by atoms with Gasteiger partial charge in [-0.2, -0.15) is 0 Å². The van der Waals surface area contributed by atoms with E-state index in [1.807, 2.05) is 6.92 Å². The zero-order valence-corrected chi connectivity index (χ0v) is 12.8. The number of esters is 1. The van der Waals surface area contributed by atoms with Crippen molar-refractivity contribution in [3.63, 3.8) is 0 Å². The number of benzene rings is 1. The summed E-state index contributed by atoms with van der Waals surface area (Å²) in [6.45, 7) is 3.12. The topological polar surface area (TPSA) is 87.9 Å². The molecule has 1 aromatic carbocycles. The summed E-state index contributed by atoms with van der Waals surface area (Å²) in [6, 6.07) is 5.52. The maximum absolute atomic E-state index is 12.5. The molecule has 0 aromatic heterocycles. The van der Waals surface area contributed by atoms with Gasteiger partial charge in [-0.25, -0.2) is 0 Å². The second-order valence-corrected chi connectivity index (χ2v) is 5.88. The zero-order chi connectivity index (χ0) is 16.4. The van der Waals surface area contributed by atoms with Crippen LogP contribution in [0.1, 0.15) is 19.8 Å². The van der Waals surface area contributed by atoms with Crippen molar-refractivity contribution in [3.05, 3.63) is 34.4 Å². The number of carbonyl (C=O) groups is 1. The Hall–Kier alpha value is -1.99. The van der Waals surface area contributed by atoms with Crippen LogP contribution >= 0.6 is 0 Å². The van der Waals surface area contributed by atoms with Gasteiger partial charge in [-0.1, -0.05) is 6.92 Å². The van der Waals surface area contributed by atoms with Crippen molar-refractivity contribution in [2.75, 3.05) is 13.2 Å². The maximum Gasteiger partial charge on any atom is 0.314 e. The second-order valence-electron chi connectivity index (χ2n) is 5.88. The van der Waals surface area contributed by atoms with E-state index in [1.54, 1.807) is 0 Å². The molecule has 0 amide bonds. The summed E-state index contributed by atoms with van der Waals surface area (Å²) in [5.41, 5.74) is -0.0352. The number of ether oxygens (including phenoxy) is 3. The molecule has 2 aliphatic rings. The van der Waals surface area contributed by atoms with Crippen molar-refractivity contribution >= 4 is 11.7 Å². The average molecular weight is 321 g/mol. The Balaban J connectivity index is 1.67.